The number of hydrogen-bond donors (Lipinski definition) is 3. The minimum atomic E-state index is -0.220. The highest BCUT2D eigenvalue weighted by atomic mass is 16.5. The van der Waals surface area contributed by atoms with E-state index in [1.165, 1.54) is 0 Å². The maximum atomic E-state index is 11.9. The summed E-state index contributed by atoms with van der Waals surface area (Å²) in [5.41, 5.74) is 2.67. The van der Waals surface area contributed by atoms with Crippen molar-refractivity contribution in [1.82, 2.24) is 16.0 Å². The molecular weight excluding hydrogens is 434 g/mol. The number of Topliss-reactive ketones (excluding diaryl/α,β-unsaturated/α-hetero) is 1. The Bertz CT molecular complexity index is 818. The summed E-state index contributed by atoms with van der Waals surface area (Å²) in [6, 6.07) is 7.55. The lowest BCUT2D eigenvalue weighted by atomic mass is 10.1. The van der Waals surface area contributed by atoms with Gasteiger partial charge in [0.1, 0.15) is 12.4 Å². The highest BCUT2D eigenvalue weighted by Crippen LogP contribution is 2.06. The largest absolute Gasteiger partial charge is 0.392 e. The first-order valence-electron chi connectivity index (χ1n) is 11.9. The zero-order valence-corrected chi connectivity index (χ0v) is 20.7. The topological polar surface area (TPSA) is 114 Å². The van der Waals surface area contributed by atoms with E-state index in [1.807, 2.05) is 31.2 Å². The molecule has 1 aromatic rings. The van der Waals surface area contributed by atoms with Crippen molar-refractivity contribution in [2.45, 2.75) is 65.3 Å². The van der Waals surface area contributed by atoms with E-state index in [4.69, 9.17) is 4.74 Å². The number of rotatable bonds is 18. The van der Waals surface area contributed by atoms with E-state index in [0.717, 1.165) is 36.1 Å². The summed E-state index contributed by atoms with van der Waals surface area (Å²) in [5.74, 6) is -0.0199. The molecule has 8 heteroatoms. The number of benzene rings is 1. The highest BCUT2D eigenvalue weighted by Gasteiger charge is 2.05. The SMILES string of the molecule is CN/C(C)=C\C(=O)Cc1ccc(CNC(=O)COCCCC(=O)NCCCCCC(C)=O)cc1. The molecule has 1 aromatic carbocycles. The Kier molecular flexibility index (Phi) is 14.9. The van der Waals surface area contributed by atoms with Gasteiger partial charge in [-0.15, -0.1) is 0 Å². The van der Waals surface area contributed by atoms with Gasteiger partial charge in [-0.3, -0.25) is 14.4 Å². The average molecular weight is 474 g/mol. The number of amides is 2. The van der Waals surface area contributed by atoms with Gasteiger partial charge >= 0.3 is 0 Å². The van der Waals surface area contributed by atoms with Crippen LogP contribution < -0.4 is 16.0 Å². The molecule has 0 bridgehead atoms. The fourth-order valence-electron chi connectivity index (χ4n) is 3.08. The molecule has 3 N–H and O–H groups in total. The molecule has 0 aliphatic carbocycles. The van der Waals surface area contributed by atoms with Gasteiger partial charge in [0, 0.05) is 57.8 Å². The molecule has 0 fully saturated rings. The molecule has 0 saturated heterocycles. The van der Waals surface area contributed by atoms with Crippen molar-refractivity contribution in [3.8, 4) is 0 Å². The third-order valence-electron chi connectivity index (χ3n) is 5.12. The predicted octanol–water partition coefficient (Wildman–Crippen LogP) is 2.60. The highest BCUT2D eigenvalue weighted by molar-refractivity contribution is 5.91. The maximum Gasteiger partial charge on any atom is 0.246 e. The number of carbonyl (C=O) groups excluding carboxylic acids is 4. The third kappa shape index (κ3) is 14.9. The predicted molar refractivity (Wildman–Crippen MR) is 132 cm³/mol. The van der Waals surface area contributed by atoms with Crippen LogP contribution in [0.5, 0.6) is 0 Å². The zero-order valence-electron chi connectivity index (χ0n) is 20.7. The second-order valence-corrected chi connectivity index (χ2v) is 8.33. The molecule has 0 atom stereocenters. The molecule has 0 aliphatic rings. The molecule has 0 heterocycles. The number of nitrogens with one attached hydrogen (secondary N) is 3. The van der Waals surface area contributed by atoms with Crippen LogP contribution in [-0.2, 0) is 36.9 Å². The normalized spacial score (nSPS) is 11.1. The second-order valence-electron chi connectivity index (χ2n) is 8.33. The lowest BCUT2D eigenvalue weighted by Gasteiger charge is -2.08. The summed E-state index contributed by atoms with van der Waals surface area (Å²) in [4.78, 5) is 46.5. The molecule has 2 amide bonds. The number of ether oxygens (including phenoxy) is 1. The van der Waals surface area contributed by atoms with Crippen molar-refractivity contribution in [3.05, 3.63) is 47.2 Å². The Morgan fingerprint density at radius 2 is 1.56 bits per heavy atom. The molecule has 0 aromatic heterocycles. The minimum absolute atomic E-state index is 0.0297. The molecule has 34 heavy (non-hydrogen) atoms. The Labute approximate surface area is 202 Å². The van der Waals surface area contributed by atoms with Gasteiger partial charge in [-0.05, 0) is 44.2 Å². The van der Waals surface area contributed by atoms with Crippen molar-refractivity contribution in [3.63, 3.8) is 0 Å². The molecule has 0 spiro atoms. The van der Waals surface area contributed by atoms with Crippen LogP contribution in [0.25, 0.3) is 0 Å². The Morgan fingerprint density at radius 1 is 0.853 bits per heavy atom. The standard InChI is InChI=1S/C26H39N3O5/c1-20(27-3)16-24(31)17-22-10-12-23(13-11-22)18-29-26(33)19-34-15-7-9-25(32)28-14-6-4-5-8-21(2)30/h10-13,16,27H,4-9,14-15,17-19H2,1-3H3,(H,28,32)(H,29,33)/b20-16-. The van der Waals surface area contributed by atoms with Crippen molar-refractivity contribution in [2.24, 2.45) is 0 Å². The molecule has 0 unspecified atom stereocenters. The lowest BCUT2D eigenvalue weighted by molar-refractivity contribution is -0.126. The number of allylic oxidation sites excluding steroid dienone is 2. The summed E-state index contributed by atoms with van der Waals surface area (Å²) in [5, 5.41) is 8.57. The average Bonchev–Trinajstić information content (AvgIpc) is 2.80. The monoisotopic (exact) mass is 473 g/mol. The van der Waals surface area contributed by atoms with Gasteiger partial charge in [0.2, 0.25) is 11.8 Å². The lowest BCUT2D eigenvalue weighted by Crippen LogP contribution is -2.27. The molecule has 0 saturated carbocycles. The van der Waals surface area contributed by atoms with E-state index < -0.39 is 0 Å². The van der Waals surface area contributed by atoms with Gasteiger partial charge < -0.3 is 25.5 Å². The van der Waals surface area contributed by atoms with E-state index in [1.54, 1.807) is 20.0 Å². The minimum Gasteiger partial charge on any atom is -0.392 e. The van der Waals surface area contributed by atoms with Crippen LogP contribution >= 0.6 is 0 Å². The maximum absolute atomic E-state index is 11.9. The van der Waals surface area contributed by atoms with Gasteiger partial charge in [0.15, 0.2) is 5.78 Å². The molecular formula is C26H39N3O5. The number of unbranched alkanes of at least 4 members (excludes halogenated alkanes) is 2. The zero-order chi connectivity index (χ0) is 25.2. The van der Waals surface area contributed by atoms with Crippen LogP contribution in [0.2, 0.25) is 0 Å². The van der Waals surface area contributed by atoms with Crippen LogP contribution in [0.3, 0.4) is 0 Å². The van der Waals surface area contributed by atoms with E-state index in [0.29, 0.717) is 45.4 Å². The van der Waals surface area contributed by atoms with Gasteiger partial charge in [0.25, 0.3) is 0 Å². The Balaban J connectivity index is 2.10. The second kappa shape index (κ2) is 17.5. The van der Waals surface area contributed by atoms with Crippen LogP contribution in [0.15, 0.2) is 36.0 Å². The molecule has 188 valence electrons. The quantitative estimate of drug-likeness (QED) is 0.223. The summed E-state index contributed by atoms with van der Waals surface area (Å²) in [6.45, 7) is 4.71. The van der Waals surface area contributed by atoms with Crippen LogP contribution in [0.4, 0.5) is 0 Å². The van der Waals surface area contributed by atoms with Crippen molar-refractivity contribution < 1.29 is 23.9 Å². The van der Waals surface area contributed by atoms with Gasteiger partial charge in [0.05, 0.1) is 0 Å². The molecule has 0 radical (unpaired) electrons. The van der Waals surface area contributed by atoms with Crippen molar-refractivity contribution in [2.75, 3.05) is 26.8 Å². The molecule has 8 nitrogen and oxygen atoms in total. The van der Waals surface area contributed by atoms with E-state index in [-0.39, 0.29) is 30.0 Å². The molecule has 0 aliphatic heterocycles. The van der Waals surface area contributed by atoms with E-state index >= 15 is 0 Å². The fourth-order valence-corrected chi connectivity index (χ4v) is 3.08. The summed E-state index contributed by atoms with van der Waals surface area (Å²) < 4.78 is 5.35. The fraction of sp³-hybridized carbons (Fsp3) is 0.538. The van der Waals surface area contributed by atoms with Crippen LogP contribution in [0.1, 0.15) is 63.5 Å². The summed E-state index contributed by atoms with van der Waals surface area (Å²) in [6.07, 6.45) is 6.08. The first kappa shape index (κ1) is 29.0. The first-order valence-corrected chi connectivity index (χ1v) is 11.9. The Morgan fingerprint density at radius 3 is 2.24 bits per heavy atom. The summed E-state index contributed by atoms with van der Waals surface area (Å²) in [7, 11) is 1.77. The van der Waals surface area contributed by atoms with E-state index in [9.17, 15) is 19.2 Å². The molecule has 1 rings (SSSR count). The van der Waals surface area contributed by atoms with Crippen molar-refractivity contribution in [1.29, 1.82) is 0 Å². The van der Waals surface area contributed by atoms with Crippen LogP contribution in [-0.4, -0.2) is 50.2 Å². The van der Waals surface area contributed by atoms with Crippen molar-refractivity contribution >= 4 is 23.4 Å². The van der Waals surface area contributed by atoms with Crippen LogP contribution in [0, 0.1) is 0 Å². The Hall–Kier alpha value is -3.00. The van der Waals surface area contributed by atoms with Gasteiger partial charge in [-0.1, -0.05) is 30.7 Å². The van der Waals surface area contributed by atoms with Gasteiger partial charge in [-0.25, -0.2) is 0 Å². The van der Waals surface area contributed by atoms with E-state index in [2.05, 4.69) is 16.0 Å². The third-order valence-corrected chi connectivity index (χ3v) is 5.12. The van der Waals surface area contributed by atoms with Gasteiger partial charge in [-0.2, -0.15) is 0 Å². The first-order chi connectivity index (χ1) is 16.3. The number of hydrogen-bond acceptors (Lipinski definition) is 6. The number of carbonyl (C=O) groups is 4. The number of ketones is 2. The summed E-state index contributed by atoms with van der Waals surface area (Å²) >= 11 is 0. The smallest absolute Gasteiger partial charge is 0.246 e.